The SMILES string of the molecule is O=C(CBr)NC1(C(=O)O)C(=O)N2C=C(CNC(=O)c3c(Cl)cccc3Cl)CS[C@H]21. The molecule has 3 amide bonds. The van der Waals surface area contributed by atoms with Crippen LogP contribution >= 0.6 is 50.9 Å². The molecule has 0 bridgehead atoms. The number of hydrogen-bond acceptors (Lipinski definition) is 5. The third kappa shape index (κ3) is 3.86. The van der Waals surface area contributed by atoms with Gasteiger partial charge in [0.25, 0.3) is 11.8 Å². The van der Waals surface area contributed by atoms with E-state index < -0.39 is 34.6 Å². The summed E-state index contributed by atoms with van der Waals surface area (Å²) in [5, 5.41) is 14.1. The maximum Gasteiger partial charge on any atom is 0.342 e. The number of carbonyl (C=O) groups excluding carboxylic acids is 3. The van der Waals surface area contributed by atoms with Gasteiger partial charge >= 0.3 is 5.97 Å². The summed E-state index contributed by atoms with van der Waals surface area (Å²) < 4.78 is 0. The summed E-state index contributed by atoms with van der Waals surface area (Å²) in [4.78, 5) is 49.6. The second-order valence-corrected chi connectivity index (χ2v) is 8.68. The number of aliphatic carboxylic acids is 1. The van der Waals surface area contributed by atoms with Crippen LogP contribution in [-0.4, -0.2) is 62.2 Å². The second-order valence-electron chi connectivity index (χ2n) is 6.24. The third-order valence-electron chi connectivity index (χ3n) is 4.40. The molecule has 1 fully saturated rings. The van der Waals surface area contributed by atoms with E-state index in [-0.39, 0.29) is 27.5 Å². The molecule has 0 aromatic heterocycles. The summed E-state index contributed by atoms with van der Waals surface area (Å²) in [6, 6.07) is 4.72. The molecule has 1 saturated heterocycles. The Bertz CT molecular complexity index is 923. The highest BCUT2D eigenvalue weighted by atomic mass is 79.9. The Labute approximate surface area is 188 Å². The normalized spacial score (nSPS) is 22.9. The van der Waals surface area contributed by atoms with Gasteiger partial charge in [0.15, 0.2) is 0 Å². The van der Waals surface area contributed by atoms with Crippen molar-refractivity contribution < 1.29 is 24.3 Å². The maximum absolute atomic E-state index is 12.5. The van der Waals surface area contributed by atoms with E-state index in [1.165, 1.54) is 22.9 Å². The van der Waals surface area contributed by atoms with Gasteiger partial charge in [-0.05, 0) is 17.7 Å². The van der Waals surface area contributed by atoms with Crippen molar-refractivity contribution in [3.05, 3.63) is 45.6 Å². The molecule has 1 unspecified atom stereocenters. The number of fused-ring (bicyclic) bond motifs is 1. The first-order chi connectivity index (χ1) is 13.7. The van der Waals surface area contributed by atoms with Gasteiger partial charge in [0.05, 0.1) is 20.9 Å². The topological polar surface area (TPSA) is 116 Å². The van der Waals surface area contributed by atoms with Crippen molar-refractivity contribution in [2.75, 3.05) is 17.6 Å². The van der Waals surface area contributed by atoms with Crippen LogP contribution in [0.3, 0.4) is 0 Å². The van der Waals surface area contributed by atoms with E-state index >= 15 is 0 Å². The number of thioether (sulfide) groups is 1. The number of carboxylic acid groups (broad SMARTS) is 1. The van der Waals surface area contributed by atoms with Gasteiger partial charge in [-0.1, -0.05) is 45.2 Å². The lowest BCUT2D eigenvalue weighted by atomic mass is 9.87. The number of carboxylic acids is 1. The Kier molecular flexibility index (Phi) is 6.47. The first-order valence-corrected chi connectivity index (χ1v) is 11.1. The fourth-order valence-corrected chi connectivity index (χ4v) is 5.11. The summed E-state index contributed by atoms with van der Waals surface area (Å²) in [5.74, 6) is -2.85. The Hall–Kier alpha value is -1.75. The molecule has 3 N–H and O–H groups in total. The molecular formula is C17H14BrCl2N3O5S. The zero-order valence-electron chi connectivity index (χ0n) is 14.6. The van der Waals surface area contributed by atoms with Crippen molar-refractivity contribution in [2.45, 2.75) is 10.9 Å². The average molecular weight is 523 g/mol. The molecule has 1 aromatic rings. The number of alkyl halides is 1. The predicted molar refractivity (Wildman–Crippen MR) is 112 cm³/mol. The number of nitrogens with zero attached hydrogens (tertiary/aromatic N) is 1. The predicted octanol–water partition coefficient (Wildman–Crippen LogP) is 1.86. The van der Waals surface area contributed by atoms with Crippen LogP contribution in [-0.2, 0) is 14.4 Å². The number of nitrogens with one attached hydrogen (secondary N) is 2. The second kappa shape index (κ2) is 8.55. The van der Waals surface area contributed by atoms with Gasteiger partial charge < -0.3 is 20.6 Å². The first kappa shape index (κ1) is 21.9. The molecule has 0 aliphatic carbocycles. The number of halogens is 3. The smallest absolute Gasteiger partial charge is 0.342 e. The number of hydrogen-bond donors (Lipinski definition) is 3. The van der Waals surface area contributed by atoms with Crippen LogP contribution in [0.25, 0.3) is 0 Å². The zero-order valence-corrected chi connectivity index (χ0v) is 18.5. The third-order valence-corrected chi connectivity index (χ3v) is 6.98. The highest BCUT2D eigenvalue weighted by Gasteiger charge is 2.68. The summed E-state index contributed by atoms with van der Waals surface area (Å²) in [5.41, 5.74) is -1.14. The molecule has 0 spiro atoms. The fourth-order valence-electron chi connectivity index (χ4n) is 3.02. The Morgan fingerprint density at radius 3 is 2.55 bits per heavy atom. The van der Waals surface area contributed by atoms with Crippen molar-refractivity contribution in [3.63, 3.8) is 0 Å². The van der Waals surface area contributed by atoms with Crippen LogP contribution in [0.1, 0.15) is 10.4 Å². The Morgan fingerprint density at radius 1 is 1.31 bits per heavy atom. The summed E-state index contributed by atoms with van der Waals surface area (Å²) >= 11 is 16.2. The van der Waals surface area contributed by atoms with Gasteiger partial charge in [-0.25, -0.2) is 4.79 Å². The Balaban J connectivity index is 1.70. The molecule has 1 aromatic carbocycles. The summed E-state index contributed by atoms with van der Waals surface area (Å²) in [7, 11) is 0. The molecule has 154 valence electrons. The monoisotopic (exact) mass is 521 g/mol. The lowest BCUT2D eigenvalue weighted by molar-refractivity contribution is -0.169. The molecule has 29 heavy (non-hydrogen) atoms. The molecule has 3 rings (SSSR count). The minimum Gasteiger partial charge on any atom is -0.479 e. The molecule has 0 saturated carbocycles. The maximum atomic E-state index is 12.5. The molecule has 12 heteroatoms. The number of benzene rings is 1. The van der Waals surface area contributed by atoms with Gasteiger partial charge in [-0.2, -0.15) is 0 Å². The standard InChI is InChI=1S/C17H14BrCl2N3O5S/c18-4-11(24)22-17(16(27)28)14(26)23-6-8(7-29-15(17)23)5-21-13(25)12-9(19)2-1-3-10(12)20/h1-3,6,15H,4-5,7H2,(H,21,25)(H,22,24)(H,27,28)/t15-,17?/m0/s1. The van der Waals surface area contributed by atoms with E-state index in [0.717, 1.165) is 0 Å². The molecule has 2 heterocycles. The zero-order chi connectivity index (χ0) is 21.3. The Morgan fingerprint density at radius 2 is 1.97 bits per heavy atom. The minimum atomic E-state index is -1.99. The van der Waals surface area contributed by atoms with Crippen molar-refractivity contribution in [1.29, 1.82) is 0 Å². The van der Waals surface area contributed by atoms with Crippen LogP contribution in [0.4, 0.5) is 0 Å². The number of carbonyl (C=O) groups is 4. The van der Waals surface area contributed by atoms with Crippen molar-refractivity contribution in [2.24, 2.45) is 0 Å². The number of β-lactam (4-membered cyclic amide) rings is 1. The van der Waals surface area contributed by atoms with Crippen molar-refractivity contribution in [1.82, 2.24) is 15.5 Å². The van der Waals surface area contributed by atoms with Gasteiger partial charge in [-0.15, -0.1) is 11.8 Å². The van der Waals surface area contributed by atoms with Crippen LogP contribution in [0.15, 0.2) is 30.0 Å². The van der Waals surface area contributed by atoms with Gasteiger partial charge in [0.2, 0.25) is 11.4 Å². The number of rotatable bonds is 6. The highest BCUT2D eigenvalue weighted by Crippen LogP contribution is 2.43. The lowest BCUT2D eigenvalue weighted by Gasteiger charge is -2.53. The van der Waals surface area contributed by atoms with E-state index in [1.54, 1.807) is 18.2 Å². The summed E-state index contributed by atoms with van der Waals surface area (Å²) in [6.45, 7) is 0.123. The lowest BCUT2D eigenvalue weighted by Crippen LogP contribution is -2.82. The van der Waals surface area contributed by atoms with Crippen molar-refractivity contribution >= 4 is 74.6 Å². The van der Waals surface area contributed by atoms with Gasteiger partial charge in [-0.3, -0.25) is 14.4 Å². The highest BCUT2D eigenvalue weighted by molar-refractivity contribution is 9.09. The molecular weight excluding hydrogens is 509 g/mol. The molecule has 2 aliphatic heterocycles. The van der Waals surface area contributed by atoms with Crippen LogP contribution in [0, 0.1) is 0 Å². The average Bonchev–Trinajstić information content (AvgIpc) is 2.69. The van der Waals surface area contributed by atoms with E-state index in [9.17, 15) is 24.3 Å². The van der Waals surface area contributed by atoms with Crippen LogP contribution in [0.2, 0.25) is 10.0 Å². The van der Waals surface area contributed by atoms with E-state index in [4.69, 9.17) is 23.2 Å². The largest absolute Gasteiger partial charge is 0.479 e. The molecule has 8 nitrogen and oxygen atoms in total. The first-order valence-electron chi connectivity index (χ1n) is 8.19. The summed E-state index contributed by atoms with van der Waals surface area (Å²) in [6.07, 6.45) is 1.50. The van der Waals surface area contributed by atoms with Crippen LogP contribution < -0.4 is 10.6 Å². The molecule has 2 aliphatic rings. The quantitative estimate of drug-likeness (QED) is 0.298. The molecule has 2 atom stereocenters. The van der Waals surface area contributed by atoms with E-state index in [0.29, 0.717) is 11.3 Å². The van der Waals surface area contributed by atoms with E-state index in [1.807, 2.05) is 0 Å². The number of amides is 3. The fraction of sp³-hybridized carbons (Fsp3) is 0.294. The van der Waals surface area contributed by atoms with Gasteiger partial charge in [0.1, 0.15) is 5.37 Å². The van der Waals surface area contributed by atoms with E-state index in [2.05, 4.69) is 26.6 Å². The van der Waals surface area contributed by atoms with Gasteiger partial charge in [0, 0.05) is 18.5 Å². The molecule has 0 radical (unpaired) electrons. The van der Waals surface area contributed by atoms with Crippen LogP contribution in [0.5, 0.6) is 0 Å². The van der Waals surface area contributed by atoms with Crippen molar-refractivity contribution in [3.8, 4) is 0 Å². The minimum absolute atomic E-state index is 0.121.